The van der Waals surface area contributed by atoms with Gasteiger partial charge in [-0.3, -0.25) is 4.98 Å². The molecule has 0 bridgehead atoms. The average Bonchev–Trinajstić information content (AvgIpc) is 2.78. The summed E-state index contributed by atoms with van der Waals surface area (Å²) in [5.74, 6) is 0. The molecule has 1 aromatic heterocycles. The molecule has 1 aliphatic rings. The summed E-state index contributed by atoms with van der Waals surface area (Å²) in [5.41, 5.74) is 9.93. The van der Waals surface area contributed by atoms with Crippen LogP contribution in [0, 0.1) is 0 Å². The fourth-order valence-electron chi connectivity index (χ4n) is 4.63. The minimum Gasteiger partial charge on any atom is -0.450 e. The summed E-state index contributed by atoms with van der Waals surface area (Å²) in [5, 5.41) is 5.71. The van der Waals surface area contributed by atoms with Gasteiger partial charge in [-0.05, 0) is 62.3 Å². The van der Waals surface area contributed by atoms with E-state index in [9.17, 15) is 4.79 Å². The van der Waals surface area contributed by atoms with Crippen LogP contribution < -0.4 is 11.1 Å². The Balaban J connectivity index is 1.31. The number of nitrogens with one attached hydrogen (secondary N) is 1. The summed E-state index contributed by atoms with van der Waals surface area (Å²) >= 11 is 6.22. The van der Waals surface area contributed by atoms with Crippen LogP contribution in [-0.4, -0.2) is 24.2 Å². The second-order valence-electron chi connectivity index (χ2n) is 8.91. The lowest BCUT2D eigenvalue weighted by Crippen LogP contribution is -2.13. The Bertz CT molecular complexity index is 872. The highest BCUT2D eigenvalue weighted by Crippen LogP contribution is 2.34. The fraction of sp³-hybridized carbons (Fsp3) is 0.615. The van der Waals surface area contributed by atoms with Crippen molar-refractivity contribution in [3.63, 3.8) is 0 Å². The molecular weight excluding hydrogens is 422 g/mol. The summed E-state index contributed by atoms with van der Waals surface area (Å²) in [7, 11) is 0. The molecule has 0 fully saturated rings. The van der Waals surface area contributed by atoms with Crippen LogP contribution in [0.3, 0.4) is 0 Å². The fourth-order valence-corrected chi connectivity index (χ4v) is 4.79. The largest absolute Gasteiger partial charge is 0.450 e. The van der Waals surface area contributed by atoms with Gasteiger partial charge in [0.15, 0.2) is 0 Å². The molecule has 3 N–H and O–H groups in total. The Morgan fingerprint density at radius 3 is 2.34 bits per heavy atom. The van der Waals surface area contributed by atoms with Crippen molar-refractivity contribution in [3.8, 4) is 0 Å². The number of primary amides is 1. The van der Waals surface area contributed by atoms with E-state index in [2.05, 4.69) is 11.4 Å². The number of hydrogen-bond acceptors (Lipinski definition) is 4. The van der Waals surface area contributed by atoms with Gasteiger partial charge in [0.2, 0.25) is 0 Å². The summed E-state index contributed by atoms with van der Waals surface area (Å²) in [6.45, 7) is 1.47. The summed E-state index contributed by atoms with van der Waals surface area (Å²) in [6, 6.07) is 6.08. The predicted molar refractivity (Wildman–Crippen MR) is 134 cm³/mol. The molecule has 0 aliphatic heterocycles. The van der Waals surface area contributed by atoms with E-state index in [1.54, 1.807) is 0 Å². The van der Waals surface area contributed by atoms with Gasteiger partial charge in [0.05, 0.1) is 12.1 Å². The number of nitrogens with zero attached hydrogens (tertiary/aromatic N) is 1. The molecule has 1 aliphatic carbocycles. The van der Waals surface area contributed by atoms with E-state index in [0.29, 0.717) is 6.61 Å². The first-order valence-electron chi connectivity index (χ1n) is 12.4. The highest BCUT2D eigenvalue weighted by Gasteiger charge is 2.18. The maximum atomic E-state index is 10.5. The quantitative estimate of drug-likeness (QED) is 0.293. The van der Waals surface area contributed by atoms with Crippen molar-refractivity contribution < 1.29 is 9.53 Å². The third kappa shape index (κ3) is 7.84. The zero-order chi connectivity index (χ0) is 22.6. The lowest BCUT2D eigenvalue weighted by molar-refractivity contribution is 0.154. The lowest BCUT2D eigenvalue weighted by atomic mass is 9.92. The molecule has 1 aromatic carbocycles. The Morgan fingerprint density at radius 2 is 1.62 bits per heavy atom. The van der Waals surface area contributed by atoms with E-state index in [4.69, 9.17) is 27.1 Å². The van der Waals surface area contributed by atoms with Crippen LogP contribution >= 0.6 is 11.6 Å². The molecule has 0 spiro atoms. The number of benzene rings is 1. The van der Waals surface area contributed by atoms with Crippen molar-refractivity contribution in [3.05, 3.63) is 34.5 Å². The van der Waals surface area contributed by atoms with Crippen LogP contribution in [0.15, 0.2) is 18.2 Å². The molecule has 176 valence electrons. The standard InChI is InChI=1S/C26H38ClN3O2/c27-20-15-16-22-24(19-20)30-23-14-10-9-13-21(23)25(22)29-17-11-7-5-3-1-2-4-6-8-12-18-32-26(28)31/h15-16,19H,1-14,17-18H2,(H2,28,31)(H,29,30). The maximum absolute atomic E-state index is 10.5. The number of pyridine rings is 1. The van der Waals surface area contributed by atoms with Gasteiger partial charge in [-0.2, -0.15) is 0 Å². The number of carbonyl (C=O) groups is 1. The van der Waals surface area contributed by atoms with Crippen LogP contribution in [0.25, 0.3) is 10.9 Å². The third-order valence-electron chi connectivity index (χ3n) is 6.34. The van der Waals surface area contributed by atoms with Crippen LogP contribution in [-0.2, 0) is 17.6 Å². The number of unbranched alkanes of at least 4 members (excludes halogenated alkanes) is 9. The van der Waals surface area contributed by atoms with Crippen molar-refractivity contribution >= 4 is 34.3 Å². The lowest BCUT2D eigenvalue weighted by Gasteiger charge is -2.22. The Labute approximate surface area is 197 Å². The summed E-state index contributed by atoms with van der Waals surface area (Å²) < 4.78 is 4.74. The Morgan fingerprint density at radius 1 is 0.969 bits per heavy atom. The van der Waals surface area contributed by atoms with Gasteiger partial charge in [0, 0.05) is 28.3 Å². The smallest absolute Gasteiger partial charge is 0.404 e. The average molecular weight is 460 g/mol. The number of amides is 1. The number of carbonyl (C=O) groups excluding carboxylic acids is 1. The van der Waals surface area contributed by atoms with E-state index in [-0.39, 0.29) is 0 Å². The van der Waals surface area contributed by atoms with E-state index in [1.165, 1.54) is 86.5 Å². The van der Waals surface area contributed by atoms with Crippen molar-refractivity contribution in [2.24, 2.45) is 5.73 Å². The van der Waals surface area contributed by atoms with Gasteiger partial charge in [-0.25, -0.2) is 4.79 Å². The molecule has 6 heteroatoms. The van der Waals surface area contributed by atoms with Gasteiger partial charge in [0.25, 0.3) is 0 Å². The summed E-state index contributed by atoms with van der Waals surface area (Å²) in [6.07, 6.45) is 16.2. The van der Waals surface area contributed by atoms with Crippen molar-refractivity contribution in [2.45, 2.75) is 89.9 Å². The van der Waals surface area contributed by atoms with Crippen molar-refractivity contribution in [1.82, 2.24) is 4.98 Å². The van der Waals surface area contributed by atoms with Crippen LogP contribution in [0.5, 0.6) is 0 Å². The monoisotopic (exact) mass is 459 g/mol. The normalized spacial score (nSPS) is 13.2. The number of rotatable bonds is 14. The molecule has 3 rings (SSSR count). The molecule has 0 saturated carbocycles. The van der Waals surface area contributed by atoms with E-state index in [1.807, 2.05) is 12.1 Å². The van der Waals surface area contributed by atoms with E-state index < -0.39 is 6.09 Å². The number of aryl methyl sites for hydroxylation is 1. The number of fused-ring (bicyclic) bond motifs is 2. The van der Waals surface area contributed by atoms with Gasteiger partial charge < -0.3 is 15.8 Å². The zero-order valence-electron chi connectivity index (χ0n) is 19.3. The molecule has 5 nitrogen and oxygen atoms in total. The van der Waals surface area contributed by atoms with Gasteiger partial charge in [-0.15, -0.1) is 0 Å². The Hall–Kier alpha value is -2.01. The predicted octanol–water partition coefficient (Wildman–Crippen LogP) is 7.18. The van der Waals surface area contributed by atoms with E-state index in [0.717, 1.165) is 42.8 Å². The molecule has 0 radical (unpaired) electrons. The third-order valence-corrected chi connectivity index (χ3v) is 6.58. The van der Waals surface area contributed by atoms with Crippen molar-refractivity contribution in [2.75, 3.05) is 18.5 Å². The van der Waals surface area contributed by atoms with Gasteiger partial charge >= 0.3 is 6.09 Å². The van der Waals surface area contributed by atoms with Crippen molar-refractivity contribution in [1.29, 1.82) is 0 Å². The van der Waals surface area contributed by atoms with Crippen LogP contribution in [0.1, 0.15) is 88.3 Å². The first-order chi connectivity index (χ1) is 15.6. The second kappa shape index (κ2) is 13.5. The minimum absolute atomic E-state index is 0.454. The maximum Gasteiger partial charge on any atom is 0.404 e. The van der Waals surface area contributed by atoms with E-state index >= 15 is 0 Å². The number of halogens is 1. The second-order valence-corrected chi connectivity index (χ2v) is 9.35. The Kier molecular flexibility index (Phi) is 10.4. The molecular formula is C26H38ClN3O2. The highest BCUT2D eigenvalue weighted by atomic mass is 35.5. The SMILES string of the molecule is NC(=O)OCCCCCCCCCCCCNc1c2c(nc3cc(Cl)ccc13)CCCC2. The number of anilines is 1. The number of aromatic nitrogens is 1. The molecule has 1 amide bonds. The first kappa shape index (κ1) is 24.6. The zero-order valence-corrected chi connectivity index (χ0v) is 20.0. The molecule has 0 unspecified atom stereocenters. The molecule has 32 heavy (non-hydrogen) atoms. The van der Waals surface area contributed by atoms with Gasteiger partial charge in [0.1, 0.15) is 0 Å². The minimum atomic E-state index is -0.668. The highest BCUT2D eigenvalue weighted by molar-refractivity contribution is 6.31. The first-order valence-corrected chi connectivity index (χ1v) is 12.8. The number of hydrogen-bond donors (Lipinski definition) is 2. The topological polar surface area (TPSA) is 77.2 Å². The molecule has 0 atom stereocenters. The number of ether oxygens (including phenoxy) is 1. The molecule has 2 aromatic rings. The van der Waals surface area contributed by atoms with Crippen LogP contribution in [0.2, 0.25) is 5.02 Å². The van der Waals surface area contributed by atoms with Crippen LogP contribution in [0.4, 0.5) is 10.5 Å². The van der Waals surface area contributed by atoms with Gasteiger partial charge in [-0.1, -0.05) is 63.0 Å². The molecule has 1 heterocycles. The molecule has 0 saturated heterocycles. The number of nitrogens with two attached hydrogens (primary N) is 1. The summed E-state index contributed by atoms with van der Waals surface area (Å²) in [4.78, 5) is 15.4.